The second-order valence-corrected chi connectivity index (χ2v) is 6.74. The molecule has 0 saturated carbocycles. The minimum atomic E-state index is -0.265. The standard InChI is InChI=1S/C20H27N3O4/c1-3-17-12-16(8-10-27-17)22-20(25)21-15-5-6-18-14(11-15)7-9-23(18)13-19(24)26-4-2/h5-7,9,11,16-17H,3-4,8,10,12-13H2,1-2H3,(H2,21,22,25). The summed E-state index contributed by atoms with van der Waals surface area (Å²) in [6, 6.07) is 7.48. The number of nitrogens with zero attached hydrogens (tertiary/aromatic N) is 1. The van der Waals surface area contributed by atoms with Crippen molar-refractivity contribution in [3.05, 3.63) is 30.5 Å². The molecule has 1 aromatic heterocycles. The van der Waals surface area contributed by atoms with Crippen LogP contribution in [-0.2, 0) is 20.8 Å². The second kappa shape index (κ2) is 8.90. The molecular formula is C20H27N3O4. The molecule has 2 N–H and O–H groups in total. The summed E-state index contributed by atoms with van der Waals surface area (Å²) in [6.07, 6.45) is 4.70. The summed E-state index contributed by atoms with van der Waals surface area (Å²) in [5.41, 5.74) is 1.64. The van der Waals surface area contributed by atoms with Gasteiger partial charge >= 0.3 is 12.0 Å². The minimum absolute atomic E-state index is 0.137. The van der Waals surface area contributed by atoms with E-state index in [0.717, 1.165) is 30.2 Å². The van der Waals surface area contributed by atoms with Crippen molar-refractivity contribution in [3.63, 3.8) is 0 Å². The summed E-state index contributed by atoms with van der Waals surface area (Å²) in [6.45, 7) is 5.11. The number of ether oxygens (including phenoxy) is 2. The number of carbonyl (C=O) groups excluding carboxylic acids is 2. The minimum Gasteiger partial charge on any atom is -0.465 e. The lowest BCUT2D eigenvalue weighted by Gasteiger charge is -2.29. The van der Waals surface area contributed by atoms with Crippen LogP contribution in [-0.4, -0.2) is 41.9 Å². The number of hydrogen-bond donors (Lipinski definition) is 2. The van der Waals surface area contributed by atoms with Crippen LogP contribution in [0, 0.1) is 0 Å². The van der Waals surface area contributed by atoms with Gasteiger partial charge in [-0.3, -0.25) is 4.79 Å². The molecule has 3 rings (SSSR count). The summed E-state index contributed by atoms with van der Waals surface area (Å²) >= 11 is 0. The van der Waals surface area contributed by atoms with E-state index in [1.54, 1.807) is 6.92 Å². The molecule has 1 fully saturated rings. The molecule has 2 unspecified atom stereocenters. The third kappa shape index (κ3) is 5.01. The van der Waals surface area contributed by atoms with E-state index in [0.29, 0.717) is 18.9 Å². The number of carbonyl (C=O) groups is 2. The Morgan fingerprint density at radius 3 is 2.93 bits per heavy atom. The third-order valence-corrected chi connectivity index (χ3v) is 4.79. The van der Waals surface area contributed by atoms with Crippen molar-refractivity contribution in [2.75, 3.05) is 18.5 Å². The number of anilines is 1. The number of amides is 2. The largest absolute Gasteiger partial charge is 0.465 e. The Morgan fingerprint density at radius 1 is 1.30 bits per heavy atom. The zero-order chi connectivity index (χ0) is 19.2. The Balaban J connectivity index is 1.60. The summed E-state index contributed by atoms with van der Waals surface area (Å²) in [5, 5.41) is 6.87. The van der Waals surface area contributed by atoms with Crippen LogP contribution >= 0.6 is 0 Å². The average Bonchev–Trinajstić information content (AvgIpc) is 3.04. The van der Waals surface area contributed by atoms with Crippen molar-refractivity contribution in [2.45, 2.75) is 51.8 Å². The molecule has 1 aromatic carbocycles. The quantitative estimate of drug-likeness (QED) is 0.762. The van der Waals surface area contributed by atoms with Gasteiger partial charge in [-0.05, 0) is 50.5 Å². The molecule has 2 atom stereocenters. The number of rotatable bonds is 6. The van der Waals surface area contributed by atoms with E-state index in [2.05, 4.69) is 17.6 Å². The normalized spacial score (nSPS) is 19.6. The molecule has 7 nitrogen and oxygen atoms in total. The molecule has 0 bridgehead atoms. The van der Waals surface area contributed by atoms with Crippen LogP contribution in [0.4, 0.5) is 10.5 Å². The predicted molar refractivity (Wildman–Crippen MR) is 104 cm³/mol. The van der Waals surface area contributed by atoms with Crippen molar-refractivity contribution in [2.24, 2.45) is 0 Å². The second-order valence-electron chi connectivity index (χ2n) is 6.74. The van der Waals surface area contributed by atoms with E-state index in [1.807, 2.05) is 35.0 Å². The Morgan fingerprint density at radius 2 is 2.15 bits per heavy atom. The van der Waals surface area contributed by atoms with E-state index in [9.17, 15) is 9.59 Å². The number of hydrogen-bond acceptors (Lipinski definition) is 4. The average molecular weight is 373 g/mol. The molecular weight excluding hydrogens is 346 g/mol. The zero-order valence-corrected chi connectivity index (χ0v) is 15.9. The molecule has 2 amide bonds. The Hall–Kier alpha value is -2.54. The Bertz CT molecular complexity index is 802. The lowest BCUT2D eigenvalue weighted by atomic mass is 10.0. The van der Waals surface area contributed by atoms with Gasteiger partial charge in [-0.2, -0.15) is 0 Å². The van der Waals surface area contributed by atoms with Gasteiger partial charge in [-0.1, -0.05) is 6.92 Å². The van der Waals surface area contributed by atoms with Gasteiger partial charge in [-0.15, -0.1) is 0 Å². The summed E-state index contributed by atoms with van der Waals surface area (Å²) in [7, 11) is 0. The highest BCUT2D eigenvalue weighted by molar-refractivity contribution is 5.93. The van der Waals surface area contributed by atoms with Crippen molar-refractivity contribution >= 4 is 28.6 Å². The zero-order valence-electron chi connectivity index (χ0n) is 15.9. The number of fused-ring (bicyclic) bond motifs is 1. The van der Waals surface area contributed by atoms with E-state index >= 15 is 0 Å². The maximum atomic E-state index is 12.3. The van der Waals surface area contributed by atoms with Crippen molar-refractivity contribution in [1.82, 2.24) is 9.88 Å². The predicted octanol–water partition coefficient (Wildman–Crippen LogP) is 3.28. The van der Waals surface area contributed by atoms with Crippen LogP contribution in [0.5, 0.6) is 0 Å². The topological polar surface area (TPSA) is 81.6 Å². The number of nitrogens with one attached hydrogen (secondary N) is 2. The number of aromatic nitrogens is 1. The molecule has 146 valence electrons. The first-order valence-electron chi connectivity index (χ1n) is 9.52. The molecule has 0 radical (unpaired) electrons. The van der Waals surface area contributed by atoms with Gasteiger partial charge in [0.15, 0.2) is 0 Å². The van der Waals surface area contributed by atoms with Crippen LogP contribution in [0.1, 0.15) is 33.1 Å². The van der Waals surface area contributed by atoms with Crippen molar-refractivity contribution in [1.29, 1.82) is 0 Å². The van der Waals surface area contributed by atoms with Crippen LogP contribution < -0.4 is 10.6 Å². The molecule has 2 heterocycles. The fourth-order valence-electron chi connectivity index (χ4n) is 3.41. The first-order valence-corrected chi connectivity index (χ1v) is 9.52. The number of esters is 1. The van der Waals surface area contributed by atoms with E-state index in [4.69, 9.17) is 9.47 Å². The van der Waals surface area contributed by atoms with Gasteiger partial charge in [0.2, 0.25) is 0 Å². The smallest absolute Gasteiger partial charge is 0.325 e. The SMILES string of the molecule is CCOC(=O)Cn1ccc2cc(NC(=O)NC3CCOC(CC)C3)ccc21. The Labute approximate surface area is 159 Å². The molecule has 1 aliphatic rings. The maximum Gasteiger partial charge on any atom is 0.325 e. The van der Waals surface area contributed by atoms with Gasteiger partial charge in [0.05, 0.1) is 12.7 Å². The van der Waals surface area contributed by atoms with Crippen molar-refractivity contribution in [3.8, 4) is 0 Å². The highest BCUT2D eigenvalue weighted by Crippen LogP contribution is 2.21. The monoisotopic (exact) mass is 373 g/mol. The number of urea groups is 1. The summed E-state index contributed by atoms with van der Waals surface area (Å²) in [5.74, 6) is -0.265. The molecule has 2 aromatic rings. The fraction of sp³-hybridized carbons (Fsp3) is 0.500. The molecule has 7 heteroatoms. The van der Waals surface area contributed by atoms with Crippen LogP contribution in [0.25, 0.3) is 10.9 Å². The highest BCUT2D eigenvalue weighted by atomic mass is 16.5. The lowest BCUT2D eigenvalue weighted by molar-refractivity contribution is -0.143. The first-order chi connectivity index (χ1) is 13.1. The van der Waals surface area contributed by atoms with Crippen LogP contribution in [0.15, 0.2) is 30.5 Å². The molecule has 27 heavy (non-hydrogen) atoms. The summed E-state index contributed by atoms with van der Waals surface area (Å²) in [4.78, 5) is 24.0. The third-order valence-electron chi connectivity index (χ3n) is 4.79. The van der Waals surface area contributed by atoms with Gasteiger partial charge in [0.25, 0.3) is 0 Å². The van der Waals surface area contributed by atoms with Gasteiger partial charge < -0.3 is 24.7 Å². The fourth-order valence-corrected chi connectivity index (χ4v) is 3.41. The highest BCUT2D eigenvalue weighted by Gasteiger charge is 2.22. The van der Waals surface area contributed by atoms with E-state index in [-0.39, 0.29) is 30.7 Å². The lowest BCUT2D eigenvalue weighted by Crippen LogP contribution is -2.43. The van der Waals surface area contributed by atoms with Crippen LogP contribution in [0.2, 0.25) is 0 Å². The van der Waals surface area contributed by atoms with E-state index < -0.39 is 0 Å². The first kappa shape index (κ1) is 19.2. The molecule has 1 aliphatic heterocycles. The molecule has 0 aliphatic carbocycles. The van der Waals surface area contributed by atoms with Gasteiger partial charge in [-0.25, -0.2) is 4.79 Å². The van der Waals surface area contributed by atoms with Crippen molar-refractivity contribution < 1.29 is 19.1 Å². The van der Waals surface area contributed by atoms with Gasteiger partial charge in [0, 0.05) is 35.4 Å². The Kier molecular flexibility index (Phi) is 6.34. The molecule has 0 spiro atoms. The summed E-state index contributed by atoms with van der Waals surface area (Å²) < 4.78 is 12.5. The number of benzene rings is 1. The maximum absolute atomic E-state index is 12.3. The van der Waals surface area contributed by atoms with Crippen LogP contribution in [0.3, 0.4) is 0 Å². The van der Waals surface area contributed by atoms with Gasteiger partial charge in [0.1, 0.15) is 6.54 Å². The van der Waals surface area contributed by atoms with E-state index in [1.165, 1.54) is 0 Å². The molecule has 1 saturated heterocycles.